The zero-order chi connectivity index (χ0) is 14.9. The Bertz CT molecular complexity index is 776. The Morgan fingerprint density at radius 1 is 1.10 bits per heavy atom. The van der Waals surface area contributed by atoms with Gasteiger partial charge >= 0.3 is 0 Å². The van der Waals surface area contributed by atoms with Gasteiger partial charge in [-0.05, 0) is 41.6 Å². The third-order valence-corrected chi connectivity index (χ3v) is 3.91. The second-order valence-electron chi connectivity index (χ2n) is 5.34. The van der Waals surface area contributed by atoms with E-state index in [1.807, 2.05) is 55.6 Å². The van der Waals surface area contributed by atoms with Crippen LogP contribution in [0.1, 0.15) is 18.1 Å². The number of ether oxygens (including phenoxy) is 1. The molecule has 1 heterocycles. The van der Waals surface area contributed by atoms with Crippen molar-refractivity contribution in [2.75, 3.05) is 7.11 Å². The van der Waals surface area contributed by atoms with Crippen LogP contribution in [0, 0.1) is 0 Å². The molecule has 106 valence electrons. The Morgan fingerprint density at radius 3 is 2.71 bits per heavy atom. The molecule has 2 aromatic carbocycles. The van der Waals surface area contributed by atoms with Crippen LogP contribution in [0.25, 0.3) is 10.8 Å². The van der Waals surface area contributed by atoms with Gasteiger partial charge in [0.25, 0.3) is 0 Å². The highest BCUT2D eigenvalue weighted by Crippen LogP contribution is 2.33. The Labute approximate surface area is 124 Å². The van der Waals surface area contributed by atoms with Crippen LogP contribution in [0.2, 0.25) is 0 Å². The van der Waals surface area contributed by atoms with Crippen molar-refractivity contribution in [3.05, 3.63) is 72.1 Å². The lowest BCUT2D eigenvalue weighted by atomic mass is 9.83. The summed E-state index contributed by atoms with van der Waals surface area (Å²) in [4.78, 5) is 4.18. The summed E-state index contributed by atoms with van der Waals surface area (Å²) in [7, 11) is 1.66. The van der Waals surface area contributed by atoms with Gasteiger partial charge in [0.05, 0.1) is 12.6 Å². The second-order valence-corrected chi connectivity index (χ2v) is 5.34. The van der Waals surface area contributed by atoms with Crippen molar-refractivity contribution in [2.24, 2.45) is 5.73 Å². The highest BCUT2D eigenvalue weighted by molar-refractivity contribution is 5.86. The molecule has 0 aliphatic heterocycles. The summed E-state index contributed by atoms with van der Waals surface area (Å²) in [5.41, 5.74) is 8.17. The topological polar surface area (TPSA) is 48.1 Å². The fourth-order valence-corrected chi connectivity index (χ4v) is 2.68. The smallest absolute Gasteiger partial charge is 0.119 e. The average molecular weight is 278 g/mol. The van der Waals surface area contributed by atoms with Gasteiger partial charge in [0.1, 0.15) is 5.75 Å². The molecule has 0 amide bonds. The fourth-order valence-electron chi connectivity index (χ4n) is 2.68. The summed E-state index contributed by atoms with van der Waals surface area (Å²) >= 11 is 0. The molecule has 2 N–H and O–H groups in total. The molecule has 0 radical (unpaired) electrons. The zero-order valence-corrected chi connectivity index (χ0v) is 12.2. The molecule has 0 aliphatic rings. The summed E-state index contributed by atoms with van der Waals surface area (Å²) in [6.45, 7) is 2.02. The van der Waals surface area contributed by atoms with Gasteiger partial charge in [0.15, 0.2) is 0 Å². The lowest BCUT2D eigenvalue weighted by Gasteiger charge is -2.27. The minimum absolute atomic E-state index is 0.602. The standard InChI is InChI=1S/C18H18N2O/c1-18(19,14-6-4-7-15(11-14)21-2)17-8-3-5-13-12-20-10-9-16(13)17/h3-12H,19H2,1-2H3. The van der Waals surface area contributed by atoms with Crippen LogP contribution >= 0.6 is 0 Å². The number of nitrogens with two attached hydrogens (primary N) is 1. The Balaban J connectivity index is 2.19. The van der Waals surface area contributed by atoms with Crippen LogP contribution in [0.4, 0.5) is 0 Å². The lowest BCUT2D eigenvalue weighted by molar-refractivity contribution is 0.413. The van der Waals surface area contributed by atoms with E-state index in [-0.39, 0.29) is 0 Å². The summed E-state index contributed by atoms with van der Waals surface area (Å²) in [5, 5.41) is 2.22. The zero-order valence-electron chi connectivity index (χ0n) is 12.2. The van der Waals surface area contributed by atoms with Gasteiger partial charge in [-0.1, -0.05) is 30.3 Å². The highest BCUT2D eigenvalue weighted by Gasteiger charge is 2.26. The number of pyridine rings is 1. The van der Waals surface area contributed by atoms with Gasteiger partial charge in [-0.3, -0.25) is 4.98 Å². The van der Waals surface area contributed by atoms with E-state index in [0.29, 0.717) is 0 Å². The predicted octanol–water partition coefficient (Wildman–Crippen LogP) is 3.47. The number of hydrogen-bond acceptors (Lipinski definition) is 3. The first-order valence-electron chi connectivity index (χ1n) is 6.89. The van der Waals surface area contributed by atoms with Crippen molar-refractivity contribution in [3.63, 3.8) is 0 Å². The molecule has 0 saturated heterocycles. The first kappa shape index (κ1) is 13.6. The van der Waals surface area contributed by atoms with Crippen LogP contribution in [-0.4, -0.2) is 12.1 Å². The first-order chi connectivity index (χ1) is 10.1. The Kier molecular flexibility index (Phi) is 3.35. The van der Waals surface area contributed by atoms with Gasteiger partial charge in [0, 0.05) is 17.8 Å². The number of rotatable bonds is 3. The van der Waals surface area contributed by atoms with Crippen LogP contribution in [-0.2, 0) is 5.54 Å². The molecule has 3 aromatic rings. The van der Waals surface area contributed by atoms with Crippen LogP contribution in [0.15, 0.2) is 60.9 Å². The highest BCUT2D eigenvalue weighted by atomic mass is 16.5. The third-order valence-electron chi connectivity index (χ3n) is 3.91. The summed E-state index contributed by atoms with van der Waals surface area (Å²) in [6.07, 6.45) is 3.66. The number of methoxy groups -OCH3 is 1. The number of aromatic nitrogens is 1. The molecule has 0 spiro atoms. The van der Waals surface area contributed by atoms with E-state index in [0.717, 1.165) is 27.6 Å². The maximum absolute atomic E-state index is 6.67. The SMILES string of the molecule is COc1cccc(C(C)(N)c2cccc3cnccc23)c1. The molecule has 0 aliphatic carbocycles. The number of hydrogen-bond donors (Lipinski definition) is 1. The lowest BCUT2D eigenvalue weighted by Crippen LogP contribution is -2.34. The molecule has 3 heteroatoms. The largest absolute Gasteiger partial charge is 0.497 e. The van der Waals surface area contributed by atoms with Gasteiger partial charge in [-0.15, -0.1) is 0 Å². The van der Waals surface area contributed by atoms with Crippen molar-refractivity contribution in [1.82, 2.24) is 4.98 Å². The van der Waals surface area contributed by atoms with Crippen LogP contribution in [0.5, 0.6) is 5.75 Å². The molecular formula is C18H18N2O. The quantitative estimate of drug-likeness (QED) is 0.798. The van der Waals surface area contributed by atoms with E-state index < -0.39 is 5.54 Å². The number of fused-ring (bicyclic) bond motifs is 1. The van der Waals surface area contributed by atoms with Gasteiger partial charge in [-0.25, -0.2) is 0 Å². The summed E-state index contributed by atoms with van der Waals surface area (Å²) < 4.78 is 5.31. The van der Waals surface area contributed by atoms with Gasteiger partial charge in [0.2, 0.25) is 0 Å². The predicted molar refractivity (Wildman–Crippen MR) is 85.4 cm³/mol. The average Bonchev–Trinajstić information content (AvgIpc) is 2.54. The van der Waals surface area contributed by atoms with E-state index in [4.69, 9.17) is 10.5 Å². The normalized spacial score (nSPS) is 13.9. The molecule has 0 bridgehead atoms. The van der Waals surface area contributed by atoms with Crippen molar-refractivity contribution in [1.29, 1.82) is 0 Å². The monoisotopic (exact) mass is 278 g/mol. The molecule has 1 aromatic heterocycles. The van der Waals surface area contributed by atoms with Crippen molar-refractivity contribution in [2.45, 2.75) is 12.5 Å². The van der Waals surface area contributed by atoms with Crippen molar-refractivity contribution < 1.29 is 4.74 Å². The van der Waals surface area contributed by atoms with Crippen molar-refractivity contribution in [3.8, 4) is 5.75 Å². The minimum Gasteiger partial charge on any atom is -0.497 e. The van der Waals surface area contributed by atoms with Gasteiger partial charge in [-0.2, -0.15) is 0 Å². The fraction of sp³-hybridized carbons (Fsp3) is 0.167. The van der Waals surface area contributed by atoms with Crippen molar-refractivity contribution >= 4 is 10.8 Å². The summed E-state index contributed by atoms with van der Waals surface area (Å²) in [6, 6.07) is 16.1. The maximum Gasteiger partial charge on any atom is 0.119 e. The summed E-state index contributed by atoms with van der Waals surface area (Å²) in [5.74, 6) is 0.811. The van der Waals surface area contributed by atoms with E-state index in [2.05, 4.69) is 11.1 Å². The first-order valence-corrected chi connectivity index (χ1v) is 6.89. The molecule has 0 saturated carbocycles. The second kappa shape index (κ2) is 5.19. The molecule has 3 rings (SSSR count). The van der Waals surface area contributed by atoms with E-state index in [1.54, 1.807) is 13.3 Å². The molecule has 0 fully saturated rings. The molecule has 21 heavy (non-hydrogen) atoms. The molecule has 1 unspecified atom stereocenters. The maximum atomic E-state index is 6.67. The van der Waals surface area contributed by atoms with E-state index in [9.17, 15) is 0 Å². The minimum atomic E-state index is -0.602. The molecule has 3 nitrogen and oxygen atoms in total. The molecule has 1 atom stereocenters. The third kappa shape index (κ3) is 2.36. The van der Waals surface area contributed by atoms with Gasteiger partial charge < -0.3 is 10.5 Å². The van der Waals surface area contributed by atoms with E-state index in [1.165, 1.54) is 0 Å². The number of nitrogens with zero attached hydrogens (tertiary/aromatic N) is 1. The van der Waals surface area contributed by atoms with Crippen LogP contribution < -0.4 is 10.5 Å². The molecular weight excluding hydrogens is 260 g/mol. The van der Waals surface area contributed by atoms with Crippen LogP contribution in [0.3, 0.4) is 0 Å². The Morgan fingerprint density at radius 2 is 1.90 bits per heavy atom. The number of benzene rings is 2. The van der Waals surface area contributed by atoms with E-state index >= 15 is 0 Å². The Hall–Kier alpha value is -2.39.